The zero-order chi connectivity index (χ0) is 15.6. The first kappa shape index (κ1) is 15.9. The molecule has 0 radical (unpaired) electrons. The van der Waals surface area contributed by atoms with Gasteiger partial charge in [0, 0.05) is 13.6 Å². The van der Waals surface area contributed by atoms with Gasteiger partial charge in [-0.25, -0.2) is 22.0 Å². The average Bonchev–Trinajstić information content (AvgIpc) is 2.40. The Balaban J connectivity index is 3.20. The Morgan fingerprint density at radius 1 is 0.950 bits per heavy atom. The maximum absolute atomic E-state index is 13.3. The highest BCUT2D eigenvalue weighted by Crippen LogP contribution is 2.23. The van der Waals surface area contributed by atoms with E-state index in [1.807, 2.05) is 0 Å². The minimum Gasteiger partial charge on any atom is -0.481 e. The number of benzene rings is 1. The van der Waals surface area contributed by atoms with Crippen molar-refractivity contribution in [3.05, 3.63) is 34.6 Å². The maximum Gasteiger partial charge on any atom is 0.305 e. The first-order valence-corrected chi connectivity index (χ1v) is 5.17. The SMILES string of the molecule is CN(CCC(=O)O)C(=O)c1c(F)c(F)c(F)c(F)c1F. The third kappa shape index (κ3) is 2.86. The summed E-state index contributed by atoms with van der Waals surface area (Å²) < 4.78 is 65.3. The molecule has 0 spiro atoms. The Kier molecular flexibility index (Phi) is 4.64. The quantitative estimate of drug-likeness (QED) is 0.525. The van der Waals surface area contributed by atoms with Gasteiger partial charge in [-0.3, -0.25) is 9.59 Å². The van der Waals surface area contributed by atoms with Gasteiger partial charge in [-0.05, 0) is 0 Å². The number of hydrogen-bond acceptors (Lipinski definition) is 2. The molecule has 0 aliphatic carbocycles. The summed E-state index contributed by atoms with van der Waals surface area (Å²) in [6.07, 6.45) is -0.544. The Morgan fingerprint density at radius 3 is 1.75 bits per heavy atom. The predicted molar refractivity (Wildman–Crippen MR) is 55.4 cm³/mol. The molecular weight excluding hydrogens is 289 g/mol. The summed E-state index contributed by atoms with van der Waals surface area (Å²) in [5.41, 5.74) is -1.62. The second-order valence-electron chi connectivity index (χ2n) is 3.82. The monoisotopic (exact) mass is 297 g/mol. The van der Waals surface area contributed by atoms with Crippen molar-refractivity contribution in [2.45, 2.75) is 6.42 Å². The molecule has 0 saturated heterocycles. The molecule has 1 aromatic carbocycles. The van der Waals surface area contributed by atoms with Gasteiger partial charge in [-0.1, -0.05) is 0 Å². The van der Waals surface area contributed by atoms with Crippen molar-refractivity contribution in [3.8, 4) is 0 Å². The Hall–Kier alpha value is -2.19. The summed E-state index contributed by atoms with van der Waals surface area (Å²) in [6.45, 7) is -0.451. The van der Waals surface area contributed by atoms with Gasteiger partial charge in [0.25, 0.3) is 5.91 Å². The van der Waals surface area contributed by atoms with Crippen LogP contribution in [0.5, 0.6) is 0 Å². The standard InChI is InChI=1S/C11H8F5NO3/c1-17(3-2-4(18)19)11(20)5-6(12)8(14)10(16)9(15)7(5)13/h2-3H2,1H3,(H,18,19). The van der Waals surface area contributed by atoms with Crippen molar-refractivity contribution in [1.29, 1.82) is 0 Å². The van der Waals surface area contributed by atoms with Crippen molar-refractivity contribution < 1.29 is 36.6 Å². The van der Waals surface area contributed by atoms with Gasteiger partial charge in [0.05, 0.1) is 6.42 Å². The first-order valence-electron chi connectivity index (χ1n) is 5.17. The normalized spacial score (nSPS) is 10.5. The molecule has 0 bridgehead atoms. The van der Waals surface area contributed by atoms with Crippen LogP contribution in [0.1, 0.15) is 16.8 Å². The van der Waals surface area contributed by atoms with Crippen LogP contribution in [0.2, 0.25) is 0 Å². The van der Waals surface area contributed by atoms with E-state index in [0.717, 1.165) is 7.05 Å². The van der Waals surface area contributed by atoms with E-state index in [0.29, 0.717) is 4.90 Å². The number of carboxylic acid groups (broad SMARTS) is 1. The molecule has 0 unspecified atom stereocenters. The molecule has 0 heterocycles. The molecule has 110 valence electrons. The third-order valence-electron chi connectivity index (χ3n) is 2.43. The predicted octanol–water partition coefficient (Wildman–Crippen LogP) is 1.93. The number of aliphatic carboxylic acids is 1. The number of carbonyl (C=O) groups excluding carboxylic acids is 1. The molecule has 9 heteroatoms. The summed E-state index contributed by atoms with van der Waals surface area (Å²) >= 11 is 0. The van der Waals surface area contributed by atoms with Crippen LogP contribution >= 0.6 is 0 Å². The zero-order valence-electron chi connectivity index (χ0n) is 10.0. The van der Waals surface area contributed by atoms with Gasteiger partial charge in [0.1, 0.15) is 5.56 Å². The molecule has 20 heavy (non-hydrogen) atoms. The number of carboxylic acids is 1. The van der Waals surface area contributed by atoms with Crippen molar-refractivity contribution in [3.63, 3.8) is 0 Å². The summed E-state index contributed by atoms with van der Waals surface area (Å²) in [7, 11) is 0.976. The highest BCUT2D eigenvalue weighted by atomic mass is 19.2. The summed E-state index contributed by atoms with van der Waals surface area (Å²) in [5.74, 6) is -14.1. The lowest BCUT2D eigenvalue weighted by Gasteiger charge is -2.17. The van der Waals surface area contributed by atoms with E-state index in [1.165, 1.54) is 0 Å². The second-order valence-corrected chi connectivity index (χ2v) is 3.82. The fourth-order valence-corrected chi connectivity index (χ4v) is 1.35. The topological polar surface area (TPSA) is 57.6 Å². The molecule has 0 atom stereocenters. The molecule has 1 rings (SSSR count). The van der Waals surface area contributed by atoms with Gasteiger partial charge in [-0.2, -0.15) is 0 Å². The van der Waals surface area contributed by atoms with Crippen LogP contribution in [0.3, 0.4) is 0 Å². The smallest absolute Gasteiger partial charge is 0.305 e. The van der Waals surface area contributed by atoms with E-state index >= 15 is 0 Å². The fourth-order valence-electron chi connectivity index (χ4n) is 1.35. The summed E-state index contributed by atoms with van der Waals surface area (Å²) in [6, 6.07) is 0. The van der Waals surface area contributed by atoms with Crippen molar-refractivity contribution in [2.75, 3.05) is 13.6 Å². The van der Waals surface area contributed by atoms with Crippen LogP contribution in [0, 0.1) is 29.1 Å². The molecule has 1 amide bonds. The van der Waals surface area contributed by atoms with E-state index in [9.17, 15) is 31.5 Å². The number of rotatable bonds is 4. The molecule has 0 aliphatic rings. The lowest BCUT2D eigenvalue weighted by Crippen LogP contribution is -2.31. The van der Waals surface area contributed by atoms with Gasteiger partial charge in [-0.15, -0.1) is 0 Å². The van der Waals surface area contributed by atoms with E-state index in [2.05, 4.69) is 0 Å². The van der Waals surface area contributed by atoms with Crippen LogP contribution in [0.25, 0.3) is 0 Å². The largest absolute Gasteiger partial charge is 0.481 e. The molecule has 0 aromatic heterocycles. The number of halogens is 5. The zero-order valence-corrected chi connectivity index (χ0v) is 10.0. The van der Waals surface area contributed by atoms with Crippen molar-refractivity contribution in [2.24, 2.45) is 0 Å². The van der Waals surface area contributed by atoms with Gasteiger partial charge in [0.15, 0.2) is 23.3 Å². The lowest BCUT2D eigenvalue weighted by atomic mass is 10.1. The lowest BCUT2D eigenvalue weighted by molar-refractivity contribution is -0.137. The minimum absolute atomic E-state index is 0.451. The van der Waals surface area contributed by atoms with Crippen LogP contribution in [0.15, 0.2) is 0 Å². The average molecular weight is 297 g/mol. The number of amides is 1. The fraction of sp³-hybridized carbons (Fsp3) is 0.273. The molecule has 0 fully saturated rings. The highest BCUT2D eigenvalue weighted by molar-refractivity contribution is 5.94. The van der Waals surface area contributed by atoms with Crippen molar-refractivity contribution in [1.82, 2.24) is 4.90 Å². The molecule has 0 aliphatic heterocycles. The molecule has 0 saturated carbocycles. The number of hydrogen-bond donors (Lipinski definition) is 1. The number of nitrogens with zero attached hydrogens (tertiary/aromatic N) is 1. The highest BCUT2D eigenvalue weighted by Gasteiger charge is 2.31. The van der Waals surface area contributed by atoms with Crippen LogP contribution in [0.4, 0.5) is 22.0 Å². The third-order valence-corrected chi connectivity index (χ3v) is 2.43. The van der Waals surface area contributed by atoms with E-state index in [4.69, 9.17) is 5.11 Å². The molecular formula is C11H8F5NO3. The van der Waals surface area contributed by atoms with E-state index in [1.54, 1.807) is 0 Å². The summed E-state index contributed by atoms with van der Waals surface area (Å²) in [5, 5.41) is 8.39. The molecule has 1 N–H and O–H groups in total. The molecule has 1 aromatic rings. The first-order chi connectivity index (χ1) is 9.18. The maximum atomic E-state index is 13.3. The molecule has 4 nitrogen and oxygen atoms in total. The summed E-state index contributed by atoms with van der Waals surface area (Å²) in [4.78, 5) is 22.5. The van der Waals surface area contributed by atoms with Crippen LogP contribution in [-0.2, 0) is 4.79 Å². The van der Waals surface area contributed by atoms with E-state index < -0.39 is 59.5 Å². The minimum atomic E-state index is -2.37. The Bertz CT molecular complexity index is 547. The Morgan fingerprint density at radius 2 is 1.35 bits per heavy atom. The van der Waals surface area contributed by atoms with Gasteiger partial charge in [0.2, 0.25) is 5.82 Å². The van der Waals surface area contributed by atoms with Crippen LogP contribution < -0.4 is 0 Å². The van der Waals surface area contributed by atoms with Crippen molar-refractivity contribution >= 4 is 11.9 Å². The Labute approximate surface area is 109 Å². The van der Waals surface area contributed by atoms with Gasteiger partial charge < -0.3 is 10.0 Å². The van der Waals surface area contributed by atoms with Gasteiger partial charge >= 0.3 is 5.97 Å². The number of carbonyl (C=O) groups is 2. The van der Waals surface area contributed by atoms with Crippen LogP contribution in [-0.4, -0.2) is 35.5 Å². The second kappa shape index (κ2) is 5.85. The van der Waals surface area contributed by atoms with E-state index in [-0.39, 0.29) is 0 Å².